The number of carbonyl (C=O) groups excluding carboxylic acids is 1. The molecule has 0 saturated carbocycles. The minimum atomic E-state index is 0.0666. The zero-order valence-electron chi connectivity index (χ0n) is 11.4. The second-order valence-electron chi connectivity index (χ2n) is 4.91. The zero-order chi connectivity index (χ0) is 13.9. The summed E-state index contributed by atoms with van der Waals surface area (Å²) in [5, 5.41) is 9.38. The van der Waals surface area contributed by atoms with Gasteiger partial charge in [0.25, 0.3) is 0 Å². The Balaban J connectivity index is 1.87. The molecule has 1 aliphatic heterocycles. The molecule has 3 rings (SSSR count). The van der Waals surface area contributed by atoms with Crippen LogP contribution in [0.25, 0.3) is 5.65 Å². The molecule has 1 fully saturated rings. The Morgan fingerprint density at radius 2 is 2.45 bits per heavy atom. The van der Waals surface area contributed by atoms with Crippen LogP contribution in [0.4, 0.5) is 11.6 Å². The van der Waals surface area contributed by atoms with Gasteiger partial charge >= 0.3 is 0 Å². The molecule has 3 N–H and O–H groups in total. The summed E-state index contributed by atoms with van der Waals surface area (Å²) in [5.74, 6) is 1.58. The molecular formula is C13H18N6O. The van der Waals surface area contributed by atoms with E-state index in [1.807, 2.05) is 16.8 Å². The lowest BCUT2D eigenvalue weighted by molar-refractivity contribution is -0.119. The van der Waals surface area contributed by atoms with E-state index in [0.29, 0.717) is 18.8 Å². The first-order valence-corrected chi connectivity index (χ1v) is 6.87. The van der Waals surface area contributed by atoms with Gasteiger partial charge in [0, 0.05) is 31.9 Å². The van der Waals surface area contributed by atoms with E-state index in [9.17, 15) is 4.79 Å². The number of hydrogen-bond donors (Lipinski definition) is 3. The summed E-state index contributed by atoms with van der Waals surface area (Å²) in [6, 6.07) is 0.0666. The molecule has 0 bridgehead atoms. The lowest BCUT2D eigenvalue weighted by Gasteiger charge is -2.14. The van der Waals surface area contributed by atoms with Crippen LogP contribution >= 0.6 is 0 Å². The summed E-state index contributed by atoms with van der Waals surface area (Å²) in [6.45, 7) is 3.60. The van der Waals surface area contributed by atoms with Crippen LogP contribution in [0.2, 0.25) is 0 Å². The summed E-state index contributed by atoms with van der Waals surface area (Å²) in [7, 11) is 0. The number of anilines is 2. The van der Waals surface area contributed by atoms with E-state index in [1.54, 1.807) is 6.20 Å². The van der Waals surface area contributed by atoms with E-state index in [1.165, 1.54) is 0 Å². The number of aromatic nitrogens is 3. The van der Waals surface area contributed by atoms with Crippen LogP contribution in [-0.4, -0.2) is 39.4 Å². The third-order valence-electron chi connectivity index (χ3n) is 3.25. The van der Waals surface area contributed by atoms with Crippen molar-refractivity contribution in [1.82, 2.24) is 19.7 Å². The Morgan fingerprint density at radius 1 is 1.55 bits per heavy atom. The average Bonchev–Trinajstić information content (AvgIpc) is 3.05. The Kier molecular flexibility index (Phi) is 3.41. The van der Waals surface area contributed by atoms with Crippen molar-refractivity contribution >= 4 is 23.2 Å². The van der Waals surface area contributed by atoms with Crippen LogP contribution in [0, 0.1) is 0 Å². The average molecular weight is 274 g/mol. The number of carbonyl (C=O) groups is 1. The summed E-state index contributed by atoms with van der Waals surface area (Å²) in [4.78, 5) is 20.1. The van der Waals surface area contributed by atoms with Gasteiger partial charge in [-0.05, 0) is 6.42 Å². The van der Waals surface area contributed by atoms with Gasteiger partial charge in [0.05, 0.1) is 12.2 Å². The van der Waals surface area contributed by atoms with Crippen LogP contribution in [0.3, 0.4) is 0 Å². The smallest absolute Gasteiger partial charge is 0.222 e. The molecule has 0 aliphatic carbocycles. The molecule has 0 spiro atoms. The lowest BCUT2D eigenvalue weighted by Crippen LogP contribution is -2.23. The molecule has 3 heterocycles. The van der Waals surface area contributed by atoms with Gasteiger partial charge in [-0.3, -0.25) is 4.79 Å². The summed E-state index contributed by atoms with van der Waals surface area (Å²) in [5.41, 5.74) is 0.770. The first-order chi connectivity index (χ1) is 9.76. The van der Waals surface area contributed by atoms with Crippen LogP contribution < -0.4 is 16.0 Å². The predicted octanol–water partition coefficient (Wildman–Crippen LogP) is 0.852. The molecule has 106 valence electrons. The number of fused-ring (bicyclic) bond motifs is 1. The van der Waals surface area contributed by atoms with Crippen molar-refractivity contribution in [1.29, 1.82) is 0 Å². The standard InChI is InChI=1S/C13H18N6O/c1-2-3-14-10-8-19-5-4-15-13(19)12(18-10)17-9-6-11(20)16-7-9/h4-5,8-9,14H,2-3,6-7H2,1H3,(H,16,20)(H,17,18). The van der Waals surface area contributed by atoms with Crippen molar-refractivity contribution in [3.63, 3.8) is 0 Å². The van der Waals surface area contributed by atoms with Crippen molar-refractivity contribution < 1.29 is 4.79 Å². The van der Waals surface area contributed by atoms with Gasteiger partial charge in [0.2, 0.25) is 5.91 Å². The van der Waals surface area contributed by atoms with Crippen LogP contribution in [-0.2, 0) is 4.79 Å². The fourth-order valence-corrected chi connectivity index (χ4v) is 2.27. The van der Waals surface area contributed by atoms with Crippen LogP contribution in [0.15, 0.2) is 18.6 Å². The van der Waals surface area contributed by atoms with Crippen molar-refractivity contribution in [3.8, 4) is 0 Å². The first-order valence-electron chi connectivity index (χ1n) is 6.87. The molecule has 1 atom stereocenters. The maximum Gasteiger partial charge on any atom is 0.222 e. The maximum absolute atomic E-state index is 11.3. The summed E-state index contributed by atoms with van der Waals surface area (Å²) in [6.07, 6.45) is 7.05. The molecule has 1 aliphatic rings. The van der Waals surface area contributed by atoms with Crippen LogP contribution in [0.5, 0.6) is 0 Å². The number of hydrogen-bond acceptors (Lipinski definition) is 5. The second kappa shape index (κ2) is 5.36. The lowest BCUT2D eigenvalue weighted by atomic mass is 10.2. The van der Waals surface area contributed by atoms with E-state index in [4.69, 9.17) is 0 Å². The third-order valence-corrected chi connectivity index (χ3v) is 3.25. The minimum absolute atomic E-state index is 0.0666. The second-order valence-corrected chi connectivity index (χ2v) is 4.91. The number of rotatable bonds is 5. The maximum atomic E-state index is 11.3. The number of imidazole rings is 1. The fourth-order valence-electron chi connectivity index (χ4n) is 2.27. The molecule has 20 heavy (non-hydrogen) atoms. The van der Waals surface area contributed by atoms with E-state index in [-0.39, 0.29) is 11.9 Å². The monoisotopic (exact) mass is 274 g/mol. The molecule has 1 unspecified atom stereocenters. The van der Waals surface area contributed by atoms with E-state index in [2.05, 4.69) is 32.8 Å². The van der Waals surface area contributed by atoms with Gasteiger partial charge in [-0.15, -0.1) is 0 Å². The molecule has 7 nitrogen and oxygen atoms in total. The molecule has 1 amide bonds. The molecule has 7 heteroatoms. The molecule has 2 aromatic rings. The summed E-state index contributed by atoms with van der Waals surface area (Å²) < 4.78 is 1.93. The highest BCUT2D eigenvalue weighted by molar-refractivity contribution is 5.80. The Morgan fingerprint density at radius 3 is 3.20 bits per heavy atom. The quantitative estimate of drug-likeness (QED) is 0.753. The Hall–Kier alpha value is -2.31. The van der Waals surface area contributed by atoms with Crippen LogP contribution in [0.1, 0.15) is 19.8 Å². The SMILES string of the molecule is CCCNc1cn2ccnc2c(NC2CNC(=O)C2)n1. The number of amides is 1. The van der Waals surface area contributed by atoms with Gasteiger partial charge < -0.3 is 20.4 Å². The molecule has 0 radical (unpaired) electrons. The normalized spacial score (nSPS) is 18.2. The van der Waals surface area contributed by atoms with Gasteiger partial charge in [0.1, 0.15) is 5.82 Å². The van der Waals surface area contributed by atoms with Crippen molar-refractivity contribution in [2.24, 2.45) is 0 Å². The molecule has 2 aromatic heterocycles. The molecule has 0 aromatic carbocycles. The topological polar surface area (TPSA) is 83.4 Å². The Labute approximate surface area is 116 Å². The number of nitrogens with one attached hydrogen (secondary N) is 3. The number of nitrogens with zero attached hydrogens (tertiary/aromatic N) is 3. The fraction of sp³-hybridized carbons (Fsp3) is 0.462. The highest BCUT2D eigenvalue weighted by atomic mass is 16.1. The summed E-state index contributed by atoms with van der Waals surface area (Å²) >= 11 is 0. The van der Waals surface area contributed by atoms with Gasteiger partial charge in [0.15, 0.2) is 11.5 Å². The highest BCUT2D eigenvalue weighted by Crippen LogP contribution is 2.18. The van der Waals surface area contributed by atoms with Gasteiger partial charge in [-0.1, -0.05) is 6.92 Å². The van der Waals surface area contributed by atoms with E-state index in [0.717, 1.165) is 24.4 Å². The predicted molar refractivity (Wildman–Crippen MR) is 76.8 cm³/mol. The van der Waals surface area contributed by atoms with E-state index >= 15 is 0 Å². The first kappa shape index (κ1) is 12.7. The van der Waals surface area contributed by atoms with E-state index < -0.39 is 0 Å². The van der Waals surface area contributed by atoms with Gasteiger partial charge in [-0.25, -0.2) is 9.97 Å². The van der Waals surface area contributed by atoms with Gasteiger partial charge in [-0.2, -0.15) is 0 Å². The van der Waals surface area contributed by atoms with Crippen molar-refractivity contribution in [3.05, 3.63) is 18.6 Å². The highest BCUT2D eigenvalue weighted by Gasteiger charge is 2.22. The molecular weight excluding hydrogens is 256 g/mol. The largest absolute Gasteiger partial charge is 0.369 e. The molecule has 1 saturated heterocycles. The van der Waals surface area contributed by atoms with Crippen molar-refractivity contribution in [2.75, 3.05) is 23.7 Å². The Bertz CT molecular complexity index is 622. The van der Waals surface area contributed by atoms with Crippen molar-refractivity contribution in [2.45, 2.75) is 25.8 Å². The third kappa shape index (κ3) is 2.52. The zero-order valence-corrected chi connectivity index (χ0v) is 11.4. The minimum Gasteiger partial charge on any atom is -0.369 e.